The molecule has 0 aliphatic heterocycles. The normalized spacial score (nSPS) is 11.2. The van der Waals surface area contributed by atoms with Gasteiger partial charge in [-0.05, 0) is 18.4 Å². The predicted octanol–water partition coefficient (Wildman–Crippen LogP) is 4.88. The molecule has 2 aromatic heterocycles. The van der Waals surface area contributed by atoms with Gasteiger partial charge in [-0.3, -0.25) is 0 Å². The van der Waals surface area contributed by atoms with Gasteiger partial charge < -0.3 is 4.57 Å². The maximum absolute atomic E-state index is 4.70. The third-order valence-electron chi connectivity index (χ3n) is 4.09. The molecule has 4 nitrogen and oxygen atoms in total. The van der Waals surface area contributed by atoms with Crippen LogP contribution in [0.4, 0.5) is 0 Å². The number of nitrogens with zero attached hydrogens (tertiary/aromatic N) is 4. The van der Waals surface area contributed by atoms with Crippen molar-refractivity contribution < 1.29 is 0 Å². The first-order chi connectivity index (χ1) is 12.2. The van der Waals surface area contributed by atoms with Crippen LogP contribution in [-0.2, 0) is 6.54 Å². The smallest absolute Gasteiger partial charge is 0.130 e. The fourth-order valence-electron chi connectivity index (χ4n) is 2.80. The fourth-order valence-corrected chi connectivity index (χ4v) is 3.22. The lowest BCUT2D eigenvalue weighted by Gasteiger charge is -2.11. The molecular formula is C20H24N4S. The standard InChI is InChI=1S/C20H24N4S/c1-15(2)20-21-12-17(13-22-20)19-18(16-8-5-4-6-9-16)23-14-24(19)10-7-11-25-3/h4-6,8-9,12-15H,7,10-11H2,1-3H3. The summed E-state index contributed by atoms with van der Waals surface area (Å²) < 4.78 is 2.23. The maximum atomic E-state index is 4.70. The average molecular weight is 353 g/mol. The SMILES string of the molecule is CSCCCn1cnc(-c2ccccc2)c1-c1cnc(C(C)C)nc1. The Morgan fingerprint density at radius 2 is 1.72 bits per heavy atom. The number of hydrogen-bond acceptors (Lipinski definition) is 4. The summed E-state index contributed by atoms with van der Waals surface area (Å²) in [5.41, 5.74) is 4.23. The van der Waals surface area contributed by atoms with Crippen LogP contribution in [0.15, 0.2) is 49.1 Å². The monoisotopic (exact) mass is 352 g/mol. The molecule has 0 N–H and O–H groups in total. The van der Waals surface area contributed by atoms with Gasteiger partial charge in [0.25, 0.3) is 0 Å². The number of imidazole rings is 1. The van der Waals surface area contributed by atoms with Crippen LogP contribution in [0, 0.1) is 0 Å². The summed E-state index contributed by atoms with van der Waals surface area (Å²) in [6.07, 6.45) is 9.05. The third kappa shape index (κ3) is 4.10. The Hall–Kier alpha value is -2.14. The van der Waals surface area contributed by atoms with E-state index in [-0.39, 0.29) is 0 Å². The van der Waals surface area contributed by atoms with E-state index in [1.807, 2.05) is 48.7 Å². The molecular weight excluding hydrogens is 328 g/mol. The van der Waals surface area contributed by atoms with Crippen LogP contribution in [0.3, 0.4) is 0 Å². The largest absolute Gasteiger partial charge is 0.330 e. The molecule has 0 unspecified atom stereocenters. The van der Waals surface area contributed by atoms with Gasteiger partial charge in [0.15, 0.2) is 0 Å². The summed E-state index contributed by atoms with van der Waals surface area (Å²) in [5.74, 6) is 2.34. The quantitative estimate of drug-likeness (QED) is 0.568. The van der Waals surface area contributed by atoms with Gasteiger partial charge in [-0.25, -0.2) is 15.0 Å². The number of benzene rings is 1. The summed E-state index contributed by atoms with van der Waals surface area (Å²) in [7, 11) is 0. The molecule has 25 heavy (non-hydrogen) atoms. The van der Waals surface area contributed by atoms with Crippen LogP contribution < -0.4 is 0 Å². The Kier molecular flexibility index (Phi) is 5.87. The highest BCUT2D eigenvalue weighted by Crippen LogP contribution is 2.31. The number of thioether (sulfide) groups is 1. The molecule has 1 aromatic carbocycles. The van der Waals surface area contributed by atoms with Crippen LogP contribution in [0.25, 0.3) is 22.5 Å². The first kappa shape index (κ1) is 17.7. The second-order valence-corrected chi connectivity index (χ2v) is 7.32. The molecule has 2 heterocycles. The van der Waals surface area contributed by atoms with Crippen LogP contribution in [-0.4, -0.2) is 31.5 Å². The van der Waals surface area contributed by atoms with Gasteiger partial charge in [0.1, 0.15) is 5.82 Å². The Balaban J connectivity index is 2.02. The molecule has 3 rings (SSSR count). The zero-order valence-corrected chi connectivity index (χ0v) is 15.8. The number of hydrogen-bond donors (Lipinski definition) is 0. The van der Waals surface area contributed by atoms with E-state index >= 15 is 0 Å². The minimum absolute atomic E-state index is 0.328. The zero-order valence-electron chi connectivity index (χ0n) is 15.0. The van der Waals surface area contributed by atoms with Gasteiger partial charge in [-0.2, -0.15) is 11.8 Å². The van der Waals surface area contributed by atoms with E-state index in [4.69, 9.17) is 4.98 Å². The lowest BCUT2D eigenvalue weighted by atomic mass is 10.1. The summed E-state index contributed by atoms with van der Waals surface area (Å²) >= 11 is 1.87. The van der Waals surface area contributed by atoms with Gasteiger partial charge in [0, 0.05) is 36.0 Å². The molecule has 0 amide bonds. The predicted molar refractivity (Wildman–Crippen MR) is 106 cm³/mol. The van der Waals surface area contributed by atoms with Gasteiger partial charge in [0.05, 0.1) is 17.7 Å². The second-order valence-electron chi connectivity index (χ2n) is 6.33. The van der Waals surface area contributed by atoms with Crippen molar-refractivity contribution in [3.05, 3.63) is 54.9 Å². The van der Waals surface area contributed by atoms with E-state index in [1.54, 1.807) is 0 Å². The average Bonchev–Trinajstić information content (AvgIpc) is 3.06. The molecule has 0 bridgehead atoms. The lowest BCUT2D eigenvalue weighted by molar-refractivity contribution is 0.688. The molecule has 0 atom stereocenters. The number of rotatable bonds is 7. The molecule has 0 fully saturated rings. The van der Waals surface area contributed by atoms with E-state index in [0.717, 1.165) is 47.1 Å². The molecule has 0 saturated carbocycles. The van der Waals surface area contributed by atoms with Gasteiger partial charge in [-0.1, -0.05) is 44.2 Å². The topological polar surface area (TPSA) is 43.6 Å². The molecule has 130 valence electrons. The van der Waals surface area contributed by atoms with E-state index in [2.05, 4.69) is 46.8 Å². The third-order valence-corrected chi connectivity index (χ3v) is 4.79. The van der Waals surface area contributed by atoms with E-state index in [9.17, 15) is 0 Å². The van der Waals surface area contributed by atoms with E-state index < -0.39 is 0 Å². The van der Waals surface area contributed by atoms with Crippen molar-refractivity contribution in [2.75, 3.05) is 12.0 Å². The maximum Gasteiger partial charge on any atom is 0.130 e. The Morgan fingerprint density at radius 3 is 2.36 bits per heavy atom. The summed E-state index contributed by atoms with van der Waals surface area (Å²) in [5, 5.41) is 0. The molecule has 0 saturated heterocycles. The summed E-state index contributed by atoms with van der Waals surface area (Å²) in [4.78, 5) is 13.8. The van der Waals surface area contributed by atoms with Crippen molar-refractivity contribution in [1.82, 2.24) is 19.5 Å². The van der Waals surface area contributed by atoms with Gasteiger partial charge in [-0.15, -0.1) is 0 Å². The van der Waals surface area contributed by atoms with Crippen molar-refractivity contribution in [3.8, 4) is 22.5 Å². The van der Waals surface area contributed by atoms with Gasteiger partial charge in [0.2, 0.25) is 0 Å². The van der Waals surface area contributed by atoms with Crippen LogP contribution >= 0.6 is 11.8 Å². The van der Waals surface area contributed by atoms with Crippen molar-refractivity contribution in [2.45, 2.75) is 32.7 Å². The molecule has 0 radical (unpaired) electrons. The van der Waals surface area contributed by atoms with E-state index in [1.165, 1.54) is 0 Å². The minimum atomic E-state index is 0.328. The number of aromatic nitrogens is 4. The Labute approximate surface area is 153 Å². The first-order valence-corrected chi connectivity index (χ1v) is 10.0. The lowest BCUT2D eigenvalue weighted by Crippen LogP contribution is -2.03. The first-order valence-electron chi connectivity index (χ1n) is 8.62. The second kappa shape index (κ2) is 8.30. The Bertz CT molecular complexity index is 794. The van der Waals surface area contributed by atoms with Crippen molar-refractivity contribution in [3.63, 3.8) is 0 Å². The van der Waals surface area contributed by atoms with Crippen molar-refractivity contribution >= 4 is 11.8 Å². The highest BCUT2D eigenvalue weighted by atomic mass is 32.2. The van der Waals surface area contributed by atoms with Gasteiger partial charge >= 0.3 is 0 Å². The molecule has 5 heteroatoms. The van der Waals surface area contributed by atoms with Crippen molar-refractivity contribution in [2.24, 2.45) is 0 Å². The Morgan fingerprint density at radius 1 is 1.00 bits per heavy atom. The van der Waals surface area contributed by atoms with Crippen LogP contribution in [0.2, 0.25) is 0 Å². The number of aryl methyl sites for hydroxylation is 1. The molecule has 0 aliphatic carbocycles. The minimum Gasteiger partial charge on any atom is -0.330 e. The molecule has 0 spiro atoms. The fraction of sp³-hybridized carbons (Fsp3) is 0.350. The molecule has 0 aliphatic rings. The molecule has 3 aromatic rings. The highest BCUT2D eigenvalue weighted by Gasteiger charge is 2.16. The summed E-state index contributed by atoms with van der Waals surface area (Å²) in [6, 6.07) is 10.3. The van der Waals surface area contributed by atoms with Crippen molar-refractivity contribution in [1.29, 1.82) is 0 Å². The highest BCUT2D eigenvalue weighted by molar-refractivity contribution is 7.98. The van der Waals surface area contributed by atoms with Crippen LogP contribution in [0.5, 0.6) is 0 Å². The zero-order chi connectivity index (χ0) is 17.6. The van der Waals surface area contributed by atoms with E-state index in [0.29, 0.717) is 5.92 Å². The summed E-state index contributed by atoms with van der Waals surface area (Å²) in [6.45, 7) is 5.16. The van der Waals surface area contributed by atoms with Crippen LogP contribution in [0.1, 0.15) is 32.0 Å².